The molecule has 0 atom stereocenters. The van der Waals surface area contributed by atoms with Crippen LogP contribution in [0.1, 0.15) is 5.69 Å². The van der Waals surface area contributed by atoms with Crippen molar-refractivity contribution in [2.24, 2.45) is 0 Å². The second kappa shape index (κ2) is 7.02. The molecule has 0 bridgehead atoms. The van der Waals surface area contributed by atoms with E-state index in [0.717, 1.165) is 11.9 Å². The molecule has 0 amide bonds. The fourth-order valence-corrected chi connectivity index (χ4v) is 3.93. The van der Waals surface area contributed by atoms with Gasteiger partial charge in [-0.1, -0.05) is 18.2 Å². The van der Waals surface area contributed by atoms with Crippen LogP contribution < -0.4 is 4.72 Å². The topological polar surface area (TPSA) is 98.1 Å². The fourth-order valence-electron chi connectivity index (χ4n) is 2.30. The Hall–Kier alpha value is -2.49. The number of sulfonamides is 1. The van der Waals surface area contributed by atoms with E-state index < -0.39 is 19.9 Å². The Morgan fingerprint density at radius 1 is 0.885 bits per heavy atom. The molecule has 2 aromatic carbocycles. The Labute approximate surface area is 152 Å². The molecule has 136 valence electrons. The molecular weight excluding hydrogens is 374 g/mol. The van der Waals surface area contributed by atoms with Crippen LogP contribution in [0.15, 0.2) is 76.7 Å². The molecule has 26 heavy (non-hydrogen) atoms. The lowest BCUT2D eigenvalue weighted by Crippen LogP contribution is -2.23. The van der Waals surface area contributed by atoms with Gasteiger partial charge in [-0.05, 0) is 42.5 Å². The SMILES string of the molecule is CS(=O)(=O)c1ccc(S(=O)(=O)NCc2ccn(-c3ccccc3)n2)cc1. The van der Waals surface area contributed by atoms with E-state index in [0.29, 0.717) is 5.69 Å². The molecule has 0 saturated carbocycles. The van der Waals surface area contributed by atoms with Gasteiger partial charge in [-0.3, -0.25) is 0 Å². The molecular formula is C17H17N3O4S2. The van der Waals surface area contributed by atoms with Crippen LogP contribution in [-0.4, -0.2) is 32.9 Å². The minimum absolute atomic E-state index is 0.00704. The first-order valence-electron chi connectivity index (χ1n) is 7.65. The number of para-hydroxylation sites is 1. The summed E-state index contributed by atoms with van der Waals surface area (Å²) in [5.41, 5.74) is 1.43. The Kier molecular flexibility index (Phi) is 4.94. The van der Waals surface area contributed by atoms with Gasteiger partial charge in [0, 0.05) is 12.5 Å². The normalized spacial score (nSPS) is 12.2. The summed E-state index contributed by atoms with van der Waals surface area (Å²) in [6.45, 7) is 0.0238. The van der Waals surface area contributed by atoms with Crippen molar-refractivity contribution in [1.82, 2.24) is 14.5 Å². The van der Waals surface area contributed by atoms with Crippen molar-refractivity contribution >= 4 is 19.9 Å². The zero-order valence-corrected chi connectivity index (χ0v) is 15.5. The molecule has 0 spiro atoms. The molecule has 9 heteroatoms. The summed E-state index contributed by atoms with van der Waals surface area (Å²) in [5, 5.41) is 4.33. The maximum atomic E-state index is 12.3. The third-order valence-electron chi connectivity index (χ3n) is 3.67. The zero-order chi connectivity index (χ0) is 18.8. The van der Waals surface area contributed by atoms with Gasteiger partial charge in [-0.25, -0.2) is 26.2 Å². The molecule has 0 radical (unpaired) electrons. The number of benzene rings is 2. The van der Waals surface area contributed by atoms with Gasteiger partial charge in [0.25, 0.3) is 0 Å². The number of hydrogen-bond acceptors (Lipinski definition) is 5. The molecule has 7 nitrogen and oxygen atoms in total. The summed E-state index contributed by atoms with van der Waals surface area (Å²) >= 11 is 0. The quantitative estimate of drug-likeness (QED) is 0.690. The molecule has 1 aromatic heterocycles. The van der Waals surface area contributed by atoms with Crippen LogP contribution in [0, 0.1) is 0 Å². The van der Waals surface area contributed by atoms with Gasteiger partial charge < -0.3 is 0 Å². The van der Waals surface area contributed by atoms with E-state index in [1.807, 2.05) is 30.3 Å². The molecule has 0 aliphatic carbocycles. The van der Waals surface area contributed by atoms with Crippen LogP contribution in [0.25, 0.3) is 5.69 Å². The lowest BCUT2D eigenvalue weighted by molar-refractivity contribution is 0.579. The highest BCUT2D eigenvalue weighted by atomic mass is 32.2. The number of rotatable bonds is 6. The Morgan fingerprint density at radius 2 is 1.50 bits per heavy atom. The van der Waals surface area contributed by atoms with Crippen LogP contribution in [0.2, 0.25) is 0 Å². The third-order valence-corrected chi connectivity index (χ3v) is 6.22. The predicted octanol–water partition coefficient (Wildman–Crippen LogP) is 1.75. The Bertz CT molecular complexity index is 1100. The molecule has 3 aromatic rings. The average molecular weight is 391 g/mol. The first kappa shape index (κ1) is 18.3. The summed E-state index contributed by atoms with van der Waals surface area (Å²) in [5.74, 6) is 0. The highest BCUT2D eigenvalue weighted by molar-refractivity contribution is 7.90. The van der Waals surface area contributed by atoms with E-state index >= 15 is 0 Å². The number of nitrogens with one attached hydrogen (secondary N) is 1. The number of sulfone groups is 1. The largest absolute Gasteiger partial charge is 0.241 e. The van der Waals surface area contributed by atoms with Crippen LogP contribution >= 0.6 is 0 Å². The van der Waals surface area contributed by atoms with Crippen molar-refractivity contribution < 1.29 is 16.8 Å². The molecule has 0 saturated heterocycles. The van der Waals surface area contributed by atoms with Crippen molar-refractivity contribution in [3.8, 4) is 5.69 Å². The Balaban J connectivity index is 1.72. The summed E-state index contributed by atoms with van der Waals surface area (Å²) in [4.78, 5) is 0.0606. The predicted molar refractivity (Wildman–Crippen MR) is 97.1 cm³/mol. The van der Waals surface area contributed by atoms with Crippen molar-refractivity contribution in [2.75, 3.05) is 6.26 Å². The lowest BCUT2D eigenvalue weighted by atomic mass is 10.3. The lowest BCUT2D eigenvalue weighted by Gasteiger charge is -2.06. The van der Waals surface area contributed by atoms with Crippen molar-refractivity contribution in [1.29, 1.82) is 0 Å². The zero-order valence-electron chi connectivity index (χ0n) is 13.9. The van der Waals surface area contributed by atoms with Gasteiger partial charge in [-0.2, -0.15) is 5.10 Å². The highest BCUT2D eigenvalue weighted by Crippen LogP contribution is 2.15. The standard InChI is InChI=1S/C17H17N3O4S2/c1-25(21,22)16-7-9-17(10-8-16)26(23,24)18-13-14-11-12-20(19-14)15-5-3-2-4-6-15/h2-12,18H,13H2,1H3. The summed E-state index contributed by atoms with van der Waals surface area (Å²) < 4.78 is 51.7. The van der Waals surface area contributed by atoms with Gasteiger partial charge in [0.2, 0.25) is 10.0 Å². The maximum Gasteiger partial charge on any atom is 0.240 e. The van der Waals surface area contributed by atoms with Crippen LogP contribution in [-0.2, 0) is 26.4 Å². The minimum atomic E-state index is -3.77. The number of hydrogen-bond donors (Lipinski definition) is 1. The maximum absolute atomic E-state index is 12.3. The number of aromatic nitrogens is 2. The van der Waals surface area contributed by atoms with E-state index in [1.54, 1.807) is 16.9 Å². The van der Waals surface area contributed by atoms with E-state index in [4.69, 9.17) is 0 Å². The molecule has 0 fully saturated rings. The highest BCUT2D eigenvalue weighted by Gasteiger charge is 2.16. The van der Waals surface area contributed by atoms with Crippen LogP contribution in [0.5, 0.6) is 0 Å². The van der Waals surface area contributed by atoms with E-state index in [9.17, 15) is 16.8 Å². The first-order valence-corrected chi connectivity index (χ1v) is 11.0. The van der Waals surface area contributed by atoms with E-state index in [1.165, 1.54) is 24.3 Å². The second-order valence-corrected chi connectivity index (χ2v) is 9.44. The summed E-state index contributed by atoms with van der Waals surface area (Å²) in [6.07, 6.45) is 2.82. The smallest absolute Gasteiger partial charge is 0.240 e. The van der Waals surface area contributed by atoms with Gasteiger partial charge in [0.15, 0.2) is 9.84 Å². The molecule has 1 N–H and O–H groups in total. The van der Waals surface area contributed by atoms with Gasteiger partial charge in [0.05, 0.1) is 27.7 Å². The van der Waals surface area contributed by atoms with Crippen LogP contribution in [0.4, 0.5) is 0 Å². The third kappa shape index (κ3) is 4.18. The van der Waals surface area contributed by atoms with Crippen molar-refractivity contribution in [2.45, 2.75) is 16.3 Å². The van der Waals surface area contributed by atoms with E-state index in [-0.39, 0.29) is 16.3 Å². The molecule has 0 aliphatic heterocycles. The van der Waals surface area contributed by atoms with Gasteiger partial charge >= 0.3 is 0 Å². The summed E-state index contributed by atoms with van der Waals surface area (Å²) in [7, 11) is -7.14. The average Bonchev–Trinajstić information content (AvgIpc) is 3.09. The molecule has 0 unspecified atom stereocenters. The molecule has 0 aliphatic rings. The van der Waals surface area contributed by atoms with Crippen LogP contribution in [0.3, 0.4) is 0 Å². The fraction of sp³-hybridized carbons (Fsp3) is 0.118. The first-order chi connectivity index (χ1) is 12.3. The number of nitrogens with zero attached hydrogens (tertiary/aromatic N) is 2. The van der Waals surface area contributed by atoms with Crippen molar-refractivity contribution in [3.05, 3.63) is 72.6 Å². The van der Waals surface area contributed by atoms with E-state index in [2.05, 4.69) is 9.82 Å². The second-order valence-electron chi connectivity index (χ2n) is 5.66. The molecule has 3 rings (SSSR count). The molecule has 1 heterocycles. The van der Waals surface area contributed by atoms with Crippen molar-refractivity contribution in [3.63, 3.8) is 0 Å². The van der Waals surface area contributed by atoms with Gasteiger partial charge in [0.1, 0.15) is 0 Å². The minimum Gasteiger partial charge on any atom is -0.241 e. The monoisotopic (exact) mass is 391 g/mol. The van der Waals surface area contributed by atoms with Gasteiger partial charge in [-0.15, -0.1) is 0 Å². The Morgan fingerprint density at radius 3 is 2.12 bits per heavy atom. The summed E-state index contributed by atoms with van der Waals surface area (Å²) in [6, 6.07) is 16.3.